The highest BCUT2D eigenvalue weighted by Crippen LogP contribution is 2.46. The van der Waals surface area contributed by atoms with Crippen molar-refractivity contribution >= 4 is 27.3 Å². The Kier molecular flexibility index (Phi) is 6.66. The van der Waals surface area contributed by atoms with Crippen molar-refractivity contribution in [2.75, 3.05) is 18.1 Å². The molecule has 168 valence electrons. The van der Waals surface area contributed by atoms with E-state index < -0.39 is 57.4 Å². The Morgan fingerprint density at radius 1 is 1.29 bits per heavy atom. The summed E-state index contributed by atoms with van der Waals surface area (Å²) in [6, 6.07) is 6.25. The summed E-state index contributed by atoms with van der Waals surface area (Å²) < 4.78 is 53.4. The number of alkyl halides is 1. The molecule has 2 atom stereocenters. The van der Waals surface area contributed by atoms with Crippen molar-refractivity contribution in [2.45, 2.75) is 30.7 Å². The number of halogens is 3. The third-order valence-corrected chi connectivity index (χ3v) is 7.31. The van der Waals surface area contributed by atoms with Crippen molar-refractivity contribution in [3.63, 3.8) is 0 Å². The van der Waals surface area contributed by atoms with Crippen LogP contribution in [0.3, 0.4) is 0 Å². The number of aliphatic hydroxyl groups is 2. The van der Waals surface area contributed by atoms with Crippen LogP contribution in [0.5, 0.6) is 0 Å². The molecule has 3 N–H and O–H groups in total. The molecule has 0 saturated carbocycles. The summed E-state index contributed by atoms with van der Waals surface area (Å²) in [4.78, 5) is 16.7. The highest BCUT2D eigenvalue weighted by atomic mass is 35.5. The molecule has 3 rings (SSSR count). The smallest absolute Gasteiger partial charge is 0.262 e. The van der Waals surface area contributed by atoms with Gasteiger partial charge in [-0.1, -0.05) is 23.7 Å². The topological polar surface area (TPSA) is 117 Å². The molecule has 0 unspecified atom stereocenters. The Morgan fingerprint density at radius 3 is 2.71 bits per heavy atom. The van der Waals surface area contributed by atoms with Crippen LogP contribution in [0.4, 0.5) is 8.78 Å². The van der Waals surface area contributed by atoms with E-state index in [0.29, 0.717) is 5.56 Å². The second kappa shape index (κ2) is 8.78. The van der Waals surface area contributed by atoms with Crippen LogP contribution >= 0.6 is 11.6 Å². The summed E-state index contributed by atoms with van der Waals surface area (Å²) >= 11 is 5.94. The van der Waals surface area contributed by atoms with Gasteiger partial charge in [0.25, 0.3) is 5.91 Å². The number of carbonyl (C=O) groups excluding carboxylic acids is 1. The van der Waals surface area contributed by atoms with Gasteiger partial charge in [0.15, 0.2) is 9.84 Å². The number of carbonyl (C=O) groups is 1. The van der Waals surface area contributed by atoms with Crippen LogP contribution in [-0.2, 0) is 32.4 Å². The third kappa shape index (κ3) is 4.87. The molecule has 2 aromatic rings. The number of nitrogens with one attached hydrogen (secondary N) is 1. The monoisotopic (exact) mass is 474 g/mol. The number of pyridine rings is 1. The fourth-order valence-corrected chi connectivity index (χ4v) is 5.33. The van der Waals surface area contributed by atoms with E-state index in [4.69, 9.17) is 16.7 Å². The Hall–Kier alpha value is -2.14. The predicted molar refractivity (Wildman–Crippen MR) is 109 cm³/mol. The molecule has 31 heavy (non-hydrogen) atoms. The lowest BCUT2D eigenvalue weighted by Gasteiger charge is -2.39. The van der Waals surface area contributed by atoms with Gasteiger partial charge in [-0.2, -0.15) is 0 Å². The molecule has 1 aromatic heterocycles. The van der Waals surface area contributed by atoms with E-state index in [9.17, 15) is 22.7 Å². The van der Waals surface area contributed by atoms with Gasteiger partial charge in [-0.3, -0.25) is 9.78 Å². The average Bonchev–Trinajstić information content (AvgIpc) is 2.70. The van der Waals surface area contributed by atoms with Crippen molar-refractivity contribution in [1.82, 2.24) is 10.3 Å². The van der Waals surface area contributed by atoms with Crippen molar-refractivity contribution in [3.8, 4) is 0 Å². The zero-order valence-corrected chi connectivity index (χ0v) is 17.9. The predicted octanol–water partition coefficient (Wildman–Crippen LogP) is 1.74. The van der Waals surface area contributed by atoms with E-state index in [-0.39, 0.29) is 29.2 Å². The Bertz CT molecular complexity index is 1100. The summed E-state index contributed by atoms with van der Waals surface area (Å²) in [5.74, 6) is -2.88. The molecule has 1 aliphatic rings. The van der Waals surface area contributed by atoms with Gasteiger partial charge < -0.3 is 15.5 Å². The Balaban J connectivity index is 1.88. The van der Waals surface area contributed by atoms with Crippen molar-refractivity contribution in [3.05, 3.63) is 64.2 Å². The van der Waals surface area contributed by atoms with E-state index in [1.54, 1.807) is 0 Å². The molecule has 1 aliphatic carbocycles. The summed E-state index contributed by atoms with van der Waals surface area (Å²) in [7, 11) is -3.85. The molecule has 1 aromatic carbocycles. The SMILES string of the molecule is O=C(NCc1ccc(F)cc1Cl)[C@]1(F)CC[C@@](O)(CS(=O)(=O)CCO)c2ncccc21. The van der Waals surface area contributed by atoms with Crippen molar-refractivity contribution in [2.24, 2.45) is 0 Å². The van der Waals surface area contributed by atoms with Gasteiger partial charge in [-0.05, 0) is 36.6 Å². The average molecular weight is 475 g/mol. The number of benzene rings is 1. The van der Waals surface area contributed by atoms with Gasteiger partial charge in [0.1, 0.15) is 11.4 Å². The molecule has 1 heterocycles. The standard InChI is InChI=1S/C20H21ClF2N2O5S/c21-16-10-14(22)4-3-13(16)11-25-18(27)20(23)6-5-19(28,12-31(29,30)9-8-26)17-15(20)2-1-7-24-17/h1-4,7,10,26,28H,5-6,8-9,11-12H2,(H,25,27)/t19-,20+/m1/s1. The highest BCUT2D eigenvalue weighted by molar-refractivity contribution is 7.91. The number of aliphatic hydroxyl groups excluding tert-OH is 1. The van der Waals surface area contributed by atoms with Gasteiger partial charge in [-0.25, -0.2) is 17.2 Å². The van der Waals surface area contributed by atoms with Gasteiger partial charge in [-0.15, -0.1) is 0 Å². The van der Waals surface area contributed by atoms with E-state index in [1.807, 2.05) is 0 Å². The summed E-state index contributed by atoms with van der Waals surface area (Å²) in [5.41, 5.74) is -4.65. The maximum Gasteiger partial charge on any atom is 0.262 e. The Morgan fingerprint density at radius 2 is 2.03 bits per heavy atom. The molecule has 7 nitrogen and oxygen atoms in total. The van der Waals surface area contributed by atoms with Crippen LogP contribution in [-0.4, -0.2) is 47.6 Å². The number of aromatic nitrogens is 1. The number of hydrogen-bond acceptors (Lipinski definition) is 6. The summed E-state index contributed by atoms with van der Waals surface area (Å²) in [5, 5.41) is 22.4. The molecule has 0 saturated heterocycles. The fourth-order valence-electron chi connectivity index (χ4n) is 3.66. The number of amides is 1. The number of sulfone groups is 1. The maximum atomic E-state index is 15.9. The lowest BCUT2D eigenvalue weighted by atomic mass is 9.75. The molecular weight excluding hydrogens is 454 g/mol. The lowest BCUT2D eigenvalue weighted by molar-refractivity contribution is -0.136. The van der Waals surface area contributed by atoms with Gasteiger partial charge in [0, 0.05) is 23.3 Å². The van der Waals surface area contributed by atoms with Gasteiger partial charge in [0.2, 0.25) is 5.67 Å². The number of nitrogens with zero attached hydrogens (tertiary/aromatic N) is 1. The third-order valence-electron chi connectivity index (χ3n) is 5.23. The highest BCUT2D eigenvalue weighted by Gasteiger charge is 2.53. The number of rotatable bonds is 7. The number of hydrogen-bond donors (Lipinski definition) is 3. The van der Waals surface area contributed by atoms with Crippen LogP contribution < -0.4 is 5.32 Å². The second-order valence-corrected chi connectivity index (χ2v) is 10.1. The van der Waals surface area contributed by atoms with Crippen LogP contribution in [0.1, 0.15) is 29.7 Å². The first-order valence-corrected chi connectivity index (χ1v) is 11.6. The molecule has 0 spiro atoms. The second-order valence-electron chi connectivity index (χ2n) is 7.47. The normalized spacial score (nSPS) is 23.3. The number of fused-ring (bicyclic) bond motifs is 1. The minimum Gasteiger partial charge on any atom is -0.395 e. The minimum absolute atomic E-state index is 0.0717. The zero-order chi connectivity index (χ0) is 22.9. The fraction of sp³-hybridized carbons (Fsp3) is 0.400. The first-order chi connectivity index (χ1) is 14.5. The minimum atomic E-state index is -3.85. The quantitative estimate of drug-likeness (QED) is 0.563. The molecule has 0 aliphatic heterocycles. The molecular formula is C20H21ClF2N2O5S. The van der Waals surface area contributed by atoms with E-state index in [1.165, 1.54) is 24.4 Å². The van der Waals surface area contributed by atoms with E-state index in [2.05, 4.69) is 10.3 Å². The lowest BCUT2D eigenvalue weighted by Crippen LogP contribution is -2.50. The van der Waals surface area contributed by atoms with Crippen LogP contribution in [0.25, 0.3) is 0 Å². The molecule has 1 amide bonds. The van der Waals surface area contributed by atoms with E-state index in [0.717, 1.165) is 12.1 Å². The molecule has 0 fully saturated rings. The summed E-state index contributed by atoms with van der Waals surface area (Å²) in [6.45, 7) is -0.775. The molecule has 0 bridgehead atoms. The first-order valence-electron chi connectivity index (χ1n) is 9.41. The summed E-state index contributed by atoms with van der Waals surface area (Å²) in [6.07, 6.45) is 0.410. The Labute approximate surface area is 183 Å². The van der Waals surface area contributed by atoms with Crippen molar-refractivity contribution < 1.29 is 32.2 Å². The molecule has 0 radical (unpaired) electrons. The zero-order valence-electron chi connectivity index (χ0n) is 16.3. The van der Waals surface area contributed by atoms with E-state index >= 15 is 4.39 Å². The molecule has 11 heteroatoms. The van der Waals surface area contributed by atoms with Crippen LogP contribution in [0.15, 0.2) is 36.5 Å². The largest absolute Gasteiger partial charge is 0.395 e. The first kappa shape index (κ1) is 23.5. The van der Waals surface area contributed by atoms with Crippen LogP contribution in [0, 0.1) is 5.82 Å². The maximum absolute atomic E-state index is 15.9. The van der Waals surface area contributed by atoms with Crippen LogP contribution in [0.2, 0.25) is 5.02 Å². The van der Waals surface area contributed by atoms with Crippen molar-refractivity contribution in [1.29, 1.82) is 0 Å². The van der Waals surface area contributed by atoms with Gasteiger partial charge in [0.05, 0.1) is 23.8 Å². The van der Waals surface area contributed by atoms with Gasteiger partial charge >= 0.3 is 0 Å².